The predicted molar refractivity (Wildman–Crippen MR) is 139 cm³/mol. The van der Waals surface area contributed by atoms with Crippen LogP contribution in [0.15, 0.2) is 77.7 Å². The lowest BCUT2D eigenvalue weighted by atomic mass is 9.99. The van der Waals surface area contributed by atoms with Crippen molar-refractivity contribution in [1.29, 1.82) is 0 Å². The number of amides is 1. The zero-order chi connectivity index (χ0) is 22.9. The summed E-state index contributed by atoms with van der Waals surface area (Å²) < 4.78 is 0. The average molecular weight is 446 g/mol. The fourth-order valence-electron chi connectivity index (χ4n) is 3.70. The smallest absolute Gasteiger partial charge is 0.251 e. The molecule has 0 bridgehead atoms. The molecule has 3 aromatic carbocycles. The van der Waals surface area contributed by atoms with E-state index in [1.54, 1.807) is 0 Å². The molecule has 0 radical (unpaired) electrons. The van der Waals surface area contributed by atoms with E-state index in [0.717, 1.165) is 24.8 Å². The standard InChI is InChI=1S/C29H35NOS/c1-5-7-28(25-12-14-26(15-13-25)29(31)30-20-6-2)32-27-18-16-24(17-19-27)23-10-8-22(9-11-23)21(3)4/h8-19,21,28H,5-7,20H2,1-4H3,(H,30,31). The van der Waals surface area contributed by atoms with Crippen molar-refractivity contribution in [1.82, 2.24) is 5.32 Å². The number of thioether (sulfide) groups is 1. The number of rotatable bonds is 10. The van der Waals surface area contributed by atoms with Crippen LogP contribution in [0.5, 0.6) is 0 Å². The van der Waals surface area contributed by atoms with Crippen LogP contribution >= 0.6 is 11.8 Å². The number of hydrogen-bond acceptors (Lipinski definition) is 2. The van der Waals surface area contributed by atoms with Crippen molar-refractivity contribution in [3.63, 3.8) is 0 Å². The molecule has 0 fully saturated rings. The average Bonchev–Trinajstić information content (AvgIpc) is 2.83. The molecule has 2 nitrogen and oxygen atoms in total. The van der Waals surface area contributed by atoms with Gasteiger partial charge in [-0.3, -0.25) is 4.79 Å². The van der Waals surface area contributed by atoms with E-state index in [1.165, 1.54) is 27.1 Å². The molecule has 0 saturated heterocycles. The molecule has 3 aromatic rings. The van der Waals surface area contributed by atoms with Gasteiger partial charge in [-0.25, -0.2) is 0 Å². The molecule has 1 unspecified atom stereocenters. The molecule has 1 amide bonds. The van der Waals surface area contributed by atoms with Gasteiger partial charge in [0.1, 0.15) is 0 Å². The van der Waals surface area contributed by atoms with Gasteiger partial charge in [0.15, 0.2) is 0 Å². The lowest BCUT2D eigenvalue weighted by Crippen LogP contribution is -2.23. The summed E-state index contributed by atoms with van der Waals surface area (Å²) in [5.41, 5.74) is 5.89. The van der Waals surface area contributed by atoms with E-state index < -0.39 is 0 Å². The van der Waals surface area contributed by atoms with Crippen LogP contribution in [-0.2, 0) is 0 Å². The van der Waals surface area contributed by atoms with Crippen molar-refractivity contribution >= 4 is 17.7 Å². The molecule has 0 saturated carbocycles. The van der Waals surface area contributed by atoms with Gasteiger partial charge in [0.25, 0.3) is 5.91 Å². The second-order valence-electron chi connectivity index (χ2n) is 8.57. The Morgan fingerprint density at radius 1 is 0.781 bits per heavy atom. The molecule has 32 heavy (non-hydrogen) atoms. The molecular weight excluding hydrogens is 410 g/mol. The normalized spacial score (nSPS) is 12.0. The molecule has 3 rings (SSSR count). The zero-order valence-corrected chi connectivity index (χ0v) is 20.5. The fraction of sp³-hybridized carbons (Fsp3) is 0.345. The molecule has 0 aromatic heterocycles. The highest BCUT2D eigenvalue weighted by Crippen LogP contribution is 2.39. The number of carbonyl (C=O) groups excluding carboxylic acids is 1. The summed E-state index contributed by atoms with van der Waals surface area (Å²) >= 11 is 1.90. The van der Waals surface area contributed by atoms with Crippen LogP contribution in [0.1, 0.15) is 79.6 Å². The van der Waals surface area contributed by atoms with Crippen molar-refractivity contribution in [3.05, 3.63) is 89.5 Å². The Kier molecular flexibility index (Phi) is 8.99. The van der Waals surface area contributed by atoms with E-state index in [4.69, 9.17) is 0 Å². The number of benzene rings is 3. The highest BCUT2D eigenvalue weighted by Gasteiger charge is 2.14. The van der Waals surface area contributed by atoms with Gasteiger partial charge < -0.3 is 5.32 Å². The third-order valence-electron chi connectivity index (χ3n) is 5.67. The van der Waals surface area contributed by atoms with Crippen molar-refractivity contribution < 1.29 is 4.79 Å². The summed E-state index contributed by atoms with van der Waals surface area (Å²) in [5, 5.41) is 3.32. The molecule has 1 N–H and O–H groups in total. The second-order valence-corrected chi connectivity index (χ2v) is 9.85. The molecular formula is C29H35NOS. The predicted octanol–water partition coefficient (Wildman–Crippen LogP) is 8.25. The summed E-state index contributed by atoms with van der Waals surface area (Å²) in [5.74, 6) is 0.563. The third kappa shape index (κ3) is 6.49. The first kappa shape index (κ1) is 24.1. The summed E-state index contributed by atoms with van der Waals surface area (Å²) in [6.07, 6.45) is 3.17. The van der Waals surface area contributed by atoms with E-state index in [-0.39, 0.29) is 5.91 Å². The Bertz CT molecular complexity index is 975. The Balaban J connectivity index is 1.69. The maximum atomic E-state index is 12.2. The fourth-order valence-corrected chi connectivity index (χ4v) is 4.96. The first-order valence-corrected chi connectivity index (χ1v) is 12.6. The Morgan fingerprint density at radius 3 is 1.88 bits per heavy atom. The zero-order valence-electron chi connectivity index (χ0n) is 19.7. The third-order valence-corrected chi connectivity index (χ3v) is 7.01. The van der Waals surface area contributed by atoms with E-state index in [2.05, 4.69) is 93.7 Å². The van der Waals surface area contributed by atoms with Gasteiger partial charge in [-0.05, 0) is 65.3 Å². The minimum atomic E-state index is 0.00936. The van der Waals surface area contributed by atoms with Gasteiger partial charge in [0, 0.05) is 22.3 Å². The summed E-state index contributed by atoms with van der Waals surface area (Å²) in [6.45, 7) is 9.45. The van der Waals surface area contributed by atoms with Crippen molar-refractivity contribution in [3.8, 4) is 11.1 Å². The Labute approximate surface area is 197 Å². The van der Waals surface area contributed by atoms with Crippen LogP contribution in [0, 0.1) is 0 Å². The molecule has 0 heterocycles. The van der Waals surface area contributed by atoms with Gasteiger partial charge in [-0.15, -0.1) is 11.8 Å². The van der Waals surface area contributed by atoms with Gasteiger partial charge >= 0.3 is 0 Å². The van der Waals surface area contributed by atoms with E-state index in [1.807, 2.05) is 23.9 Å². The van der Waals surface area contributed by atoms with Crippen LogP contribution in [0.4, 0.5) is 0 Å². The first-order chi connectivity index (χ1) is 15.5. The lowest BCUT2D eigenvalue weighted by Gasteiger charge is -2.17. The summed E-state index contributed by atoms with van der Waals surface area (Å²) in [6, 6.07) is 25.9. The van der Waals surface area contributed by atoms with Crippen LogP contribution < -0.4 is 5.32 Å². The maximum Gasteiger partial charge on any atom is 0.251 e. The Morgan fingerprint density at radius 2 is 1.34 bits per heavy atom. The largest absolute Gasteiger partial charge is 0.352 e. The highest BCUT2D eigenvalue weighted by molar-refractivity contribution is 7.99. The molecule has 1 atom stereocenters. The van der Waals surface area contributed by atoms with E-state index in [9.17, 15) is 4.79 Å². The van der Waals surface area contributed by atoms with E-state index in [0.29, 0.717) is 17.7 Å². The molecule has 0 spiro atoms. The van der Waals surface area contributed by atoms with E-state index >= 15 is 0 Å². The van der Waals surface area contributed by atoms with Crippen molar-refractivity contribution in [2.45, 2.75) is 63.0 Å². The molecule has 0 aliphatic carbocycles. The summed E-state index contributed by atoms with van der Waals surface area (Å²) in [7, 11) is 0. The minimum Gasteiger partial charge on any atom is -0.352 e. The SMILES string of the molecule is CCCNC(=O)c1ccc(C(CCC)Sc2ccc(-c3ccc(C(C)C)cc3)cc2)cc1. The summed E-state index contributed by atoms with van der Waals surface area (Å²) in [4.78, 5) is 13.5. The number of carbonyl (C=O) groups is 1. The molecule has 3 heteroatoms. The quantitative estimate of drug-likeness (QED) is 0.318. The van der Waals surface area contributed by atoms with Gasteiger partial charge in [0.2, 0.25) is 0 Å². The van der Waals surface area contributed by atoms with Crippen molar-refractivity contribution in [2.24, 2.45) is 0 Å². The first-order valence-electron chi connectivity index (χ1n) is 11.8. The van der Waals surface area contributed by atoms with Crippen LogP contribution in [-0.4, -0.2) is 12.5 Å². The number of hydrogen-bond donors (Lipinski definition) is 1. The van der Waals surface area contributed by atoms with Crippen LogP contribution in [0.2, 0.25) is 0 Å². The van der Waals surface area contributed by atoms with Crippen LogP contribution in [0.25, 0.3) is 11.1 Å². The van der Waals surface area contributed by atoms with Gasteiger partial charge in [0.05, 0.1) is 0 Å². The maximum absolute atomic E-state index is 12.2. The lowest BCUT2D eigenvalue weighted by molar-refractivity contribution is 0.0953. The van der Waals surface area contributed by atoms with Crippen molar-refractivity contribution in [2.75, 3.05) is 6.54 Å². The topological polar surface area (TPSA) is 29.1 Å². The minimum absolute atomic E-state index is 0.00936. The van der Waals surface area contributed by atoms with Gasteiger partial charge in [-0.1, -0.05) is 82.6 Å². The molecule has 0 aliphatic heterocycles. The number of nitrogens with one attached hydrogen (secondary N) is 1. The van der Waals surface area contributed by atoms with Crippen LogP contribution in [0.3, 0.4) is 0 Å². The highest BCUT2D eigenvalue weighted by atomic mass is 32.2. The molecule has 168 valence electrons. The Hall–Kier alpha value is -2.52. The monoisotopic (exact) mass is 445 g/mol. The molecule has 0 aliphatic rings. The second kappa shape index (κ2) is 11.9. The van der Waals surface area contributed by atoms with Gasteiger partial charge in [-0.2, -0.15) is 0 Å².